The number of Topliss-reactive ketones (excluding diaryl/α,β-unsaturated/α-hetero) is 1. The van der Waals surface area contributed by atoms with E-state index in [0.29, 0.717) is 12.0 Å². The van der Waals surface area contributed by atoms with Crippen LogP contribution in [0.3, 0.4) is 0 Å². The van der Waals surface area contributed by atoms with Crippen LogP contribution in [0.2, 0.25) is 0 Å². The Kier molecular flexibility index (Phi) is 5.08. The second kappa shape index (κ2) is 6.80. The molecule has 0 aromatic heterocycles. The summed E-state index contributed by atoms with van der Waals surface area (Å²) in [5.41, 5.74) is 0.615. The topological polar surface area (TPSA) is 20.3 Å². The van der Waals surface area contributed by atoms with Gasteiger partial charge in [0.1, 0.15) is 5.82 Å². The van der Waals surface area contributed by atoms with E-state index in [1.54, 1.807) is 12.1 Å². The van der Waals surface area contributed by atoms with Gasteiger partial charge in [0.15, 0.2) is 5.78 Å². The van der Waals surface area contributed by atoms with Crippen molar-refractivity contribution in [2.24, 2.45) is 5.92 Å². The summed E-state index contributed by atoms with van der Waals surface area (Å²) < 4.78 is 12.8. The van der Waals surface area contributed by atoms with Crippen LogP contribution in [0.1, 0.15) is 43.0 Å². The Morgan fingerprint density at radius 1 is 1.26 bits per heavy atom. The lowest BCUT2D eigenvalue weighted by Crippen LogP contribution is -2.29. The summed E-state index contributed by atoms with van der Waals surface area (Å²) in [4.78, 5) is 14.4. The molecule has 3 heteroatoms. The van der Waals surface area contributed by atoms with Gasteiger partial charge in [-0.2, -0.15) is 0 Å². The van der Waals surface area contributed by atoms with E-state index in [4.69, 9.17) is 0 Å². The highest BCUT2D eigenvalue weighted by Crippen LogP contribution is 2.29. The van der Waals surface area contributed by atoms with Crippen molar-refractivity contribution in [3.05, 3.63) is 35.6 Å². The van der Waals surface area contributed by atoms with Gasteiger partial charge in [-0.3, -0.25) is 4.79 Å². The normalized spacial score (nSPS) is 14.9. The van der Waals surface area contributed by atoms with E-state index >= 15 is 0 Å². The number of hydrogen-bond acceptors (Lipinski definition) is 2. The fraction of sp³-hybridized carbons (Fsp3) is 0.562. The van der Waals surface area contributed by atoms with Crippen molar-refractivity contribution in [1.82, 2.24) is 4.90 Å². The van der Waals surface area contributed by atoms with Gasteiger partial charge in [-0.1, -0.05) is 6.92 Å². The van der Waals surface area contributed by atoms with Crippen LogP contribution in [0.5, 0.6) is 0 Å². The van der Waals surface area contributed by atoms with Crippen LogP contribution in [0.15, 0.2) is 24.3 Å². The molecule has 19 heavy (non-hydrogen) atoms. The maximum atomic E-state index is 12.8. The van der Waals surface area contributed by atoms with Gasteiger partial charge in [0, 0.05) is 25.1 Å². The predicted molar refractivity (Wildman–Crippen MR) is 74.8 cm³/mol. The zero-order chi connectivity index (χ0) is 13.7. The molecule has 1 aliphatic rings. The predicted octanol–water partition coefficient (Wildman–Crippen LogP) is 3.52. The number of carbonyl (C=O) groups is 1. The number of benzene rings is 1. The van der Waals surface area contributed by atoms with E-state index in [1.807, 2.05) is 0 Å². The number of halogens is 1. The highest BCUT2D eigenvalue weighted by molar-refractivity contribution is 5.96. The van der Waals surface area contributed by atoms with Crippen molar-refractivity contribution in [2.45, 2.75) is 32.6 Å². The van der Waals surface area contributed by atoms with E-state index in [1.165, 1.54) is 25.0 Å². The Hall–Kier alpha value is -1.22. The number of hydrogen-bond donors (Lipinski definition) is 0. The molecular formula is C16H22FNO. The zero-order valence-corrected chi connectivity index (χ0v) is 11.6. The van der Waals surface area contributed by atoms with Crippen LogP contribution in [-0.4, -0.2) is 30.3 Å². The summed E-state index contributed by atoms with van der Waals surface area (Å²) in [6.45, 7) is 5.18. The first kappa shape index (κ1) is 14.2. The van der Waals surface area contributed by atoms with Crippen molar-refractivity contribution < 1.29 is 9.18 Å². The van der Waals surface area contributed by atoms with Gasteiger partial charge in [-0.25, -0.2) is 4.39 Å². The van der Waals surface area contributed by atoms with Gasteiger partial charge >= 0.3 is 0 Å². The van der Waals surface area contributed by atoms with Gasteiger partial charge in [0.2, 0.25) is 0 Å². The second-order valence-electron chi connectivity index (χ2n) is 5.42. The molecule has 1 aromatic carbocycles. The minimum Gasteiger partial charge on any atom is -0.303 e. The van der Waals surface area contributed by atoms with Crippen molar-refractivity contribution >= 4 is 5.78 Å². The average Bonchev–Trinajstić information content (AvgIpc) is 3.21. The summed E-state index contributed by atoms with van der Waals surface area (Å²) in [5, 5.41) is 0. The monoisotopic (exact) mass is 263 g/mol. The Balaban J connectivity index is 1.81. The van der Waals surface area contributed by atoms with Crippen LogP contribution in [0.25, 0.3) is 0 Å². The first-order chi connectivity index (χ1) is 9.19. The van der Waals surface area contributed by atoms with Gasteiger partial charge in [0.05, 0.1) is 0 Å². The molecule has 1 aliphatic carbocycles. The summed E-state index contributed by atoms with van der Waals surface area (Å²) in [7, 11) is 0. The lowest BCUT2D eigenvalue weighted by Gasteiger charge is -2.21. The molecule has 1 fully saturated rings. The van der Waals surface area contributed by atoms with Gasteiger partial charge in [0.25, 0.3) is 0 Å². The van der Waals surface area contributed by atoms with E-state index in [2.05, 4.69) is 11.8 Å². The molecule has 0 unspecified atom stereocenters. The van der Waals surface area contributed by atoms with Crippen LogP contribution < -0.4 is 0 Å². The lowest BCUT2D eigenvalue weighted by molar-refractivity contribution is 0.0962. The third-order valence-electron chi connectivity index (χ3n) is 3.57. The summed E-state index contributed by atoms with van der Waals surface area (Å²) in [5.74, 6) is 0.669. The van der Waals surface area contributed by atoms with Crippen molar-refractivity contribution in [3.63, 3.8) is 0 Å². The number of ketones is 1. The van der Waals surface area contributed by atoms with Gasteiger partial charge in [-0.05, 0) is 56.0 Å². The number of nitrogens with zero attached hydrogens (tertiary/aromatic N) is 1. The Morgan fingerprint density at radius 2 is 1.95 bits per heavy atom. The minimum atomic E-state index is -0.294. The number of carbonyl (C=O) groups excluding carboxylic acids is 1. The lowest BCUT2D eigenvalue weighted by atomic mass is 10.1. The summed E-state index contributed by atoms with van der Waals surface area (Å²) in [6.07, 6.45) is 4.33. The maximum absolute atomic E-state index is 12.8. The molecule has 0 bridgehead atoms. The average molecular weight is 263 g/mol. The van der Waals surface area contributed by atoms with Crippen LogP contribution in [0.4, 0.5) is 4.39 Å². The molecule has 0 spiro atoms. The molecule has 2 nitrogen and oxygen atoms in total. The van der Waals surface area contributed by atoms with E-state index in [-0.39, 0.29) is 11.6 Å². The van der Waals surface area contributed by atoms with Crippen molar-refractivity contribution in [3.8, 4) is 0 Å². The molecule has 2 rings (SSSR count). The molecule has 0 aliphatic heterocycles. The van der Waals surface area contributed by atoms with Gasteiger partial charge in [-0.15, -0.1) is 0 Å². The molecule has 0 heterocycles. The SMILES string of the molecule is CCCN(CCC(=O)c1ccc(F)cc1)CC1CC1. The molecule has 0 N–H and O–H groups in total. The third kappa shape index (κ3) is 4.75. The Bertz CT molecular complexity index is 411. The van der Waals surface area contributed by atoms with Crippen LogP contribution >= 0.6 is 0 Å². The molecule has 0 radical (unpaired) electrons. The fourth-order valence-electron chi connectivity index (χ4n) is 2.32. The van der Waals surface area contributed by atoms with Crippen molar-refractivity contribution in [1.29, 1.82) is 0 Å². The third-order valence-corrected chi connectivity index (χ3v) is 3.57. The molecule has 1 saturated carbocycles. The number of rotatable bonds is 8. The second-order valence-corrected chi connectivity index (χ2v) is 5.42. The molecule has 0 saturated heterocycles. The molecule has 1 aromatic rings. The van der Waals surface area contributed by atoms with E-state index < -0.39 is 0 Å². The summed E-state index contributed by atoms with van der Waals surface area (Å²) >= 11 is 0. The first-order valence-electron chi connectivity index (χ1n) is 7.20. The standard InChI is InChI=1S/C16H22FNO/c1-2-10-18(12-13-3-4-13)11-9-16(19)14-5-7-15(17)8-6-14/h5-8,13H,2-4,9-12H2,1H3. The van der Waals surface area contributed by atoms with Gasteiger partial charge < -0.3 is 4.90 Å². The fourth-order valence-corrected chi connectivity index (χ4v) is 2.32. The molecule has 0 atom stereocenters. The minimum absolute atomic E-state index is 0.108. The summed E-state index contributed by atoms with van der Waals surface area (Å²) in [6, 6.07) is 5.84. The molecule has 104 valence electrons. The largest absolute Gasteiger partial charge is 0.303 e. The Morgan fingerprint density at radius 3 is 2.53 bits per heavy atom. The van der Waals surface area contributed by atoms with Crippen LogP contribution in [0, 0.1) is 11.7 Å². The Labute approximate surface area is 114 Å². The molecule has 0 amide bonds. The quantitative estimate of drug-likeness (QED) is 0.669. The van der Waals surface area contributed by atoms with E-state index in [0.717, 1.165) is 32.0 Å². The zero-order valence-electron chi connectivity index (χ0n) is 11.6. The molecular weight excluding hydrogens is 241 g/mol. The van der Waals surface area contributed by atoms with Crippen LogP contribution in [-0.2, 0) is 0 Å². The van der Waals surface area contributed by atoms with E-state index in [9.17, 15) is 9.18 Å². The van der Waals surface area contributed by atoms with Crippen molar-refractivity contribution in [2.75, 3.05) is 19.6 Å². The smallest absolute Gasteiger partial charge is 0.164 e. The first-order valence-corrected chi connectivity index (χ1v) is 7.20. The highest BCUT2D eigenvalue weighted by atomic mass is 19.1. The maximum Gasteiger partial charge on any atom is 0.164 e. The highest BCUT2D eigenvalue weighted by Gasteiger charge is 2.24.